The molecule has 0 spiro atoms. The number of hydrogen-bond acceptors (Lipinski definition) is 3. The molecular formula is C10H16N4O. The van der Waals surface area contributed by atoms with Gasteiger partial charge in [-0.3, -0.25) is 14.8 Å². The number of fused-ring (bicyclic) bond motifs is 1. The number of hydrogen-bond donors (Lipinski definition) is 2. The second-order valence-electron chi connectivity index (χ2n) is 4.91. The van der Waals surface area contributed by atoms with Crippen molar-refractivity contribution in [2.24, 2.45) is 5.73 Å². The summed E-state index contributed by atoms with van der Waals surface area (Å²) in [6.07, 6.45) is 0. The Bertz CT molecular complexity index is 402. The van der Waals surface area contributed by atoms with Crippen molar-refractivity contribution in [3.63, 3.8) is 0 Å². The smallest absolute Gasteiger partial charge is 0.267 e. The third kappa shape index (κ3) is 1.63. The van der Waals surface area contributed by atoms with Gasteiger partial charge in [-0.2, -0.15) is 5.10 Å². The molecule has 0 aromatic carbocycles. The fraction of sp³-hybridized carbons (Fsp3) is 0.600. The SMILES string of the molecule is CC(C)(C)N1Cc2n[nH]c(C(N)=O)c2C1. The quantitative estimate of drug-likeness (QED) is 0.710. The Hall–Kier alpha value is -1.36. The number of primary amides is 1. The average molecular weight is 208 g/mol. The summed E-state index contributed by atoms with van der Waals surface area (Å²) in [6.45, 7) is 7.96. The zero-order valence-electron chi connectivity index (χ0n) is 9.29. The van der Waals surface area contributed by atoms with Crippen LogP contribution in [0.2, 0.25) is 0 Å². The molecule has 1 aliphatic rings. The molecule has 0 saturated carbocycles. The maximum Gasteiger partial charge on any atom is 0.267 e. The Balaban J connectivity index is 2.29. The predicted octanol–water partition coefficient (Wildman–Crippen LogP) is 0.623. The highest BCUT2D eigenvalue weighted by atomic mass is 16.1. The summed E-state index contributed by atoms with van der Waals surface area (Å²) < 4.78 is 0. The van der Waals surface area contributed by atoms with Crippen LogP contribution in [0, 0.1) is 0 Å². The summed E-state index contributed by atoms with van der Waals surface area (Å²) in [5, 5.41) is 6.81. The van der Waals surface area contributed by atoms with Crippen molar-refractivity contribution in [3.05, 3.63) is 17.0 Å². The van der Waals surface area contributed by atoms with Gasteiger partial charge in [0.05, 0.1) is 5.69 Å². The molecule has 1 amide bonds. The van der Waals surface area contributed by atoms with Crippen LogP contribution in [-0.2, 0) is 13.1 Å². The van der Waals surface area contributed by atoms with Crippen LogP contribution in [0.3, 0.4) is 0 Å². The number of aromatic nitrogens is 2. The number of H-pyrrole nitrogens is 1. The fourth-order valence-corrected chi connectivity index (χ4v) is 1.81. The van der Waals surface area contributed by atoms with Gasteiger partial charge in [-0.1, -0.05) is 0 Å². The van der Waals surface area contributed by atoms with Gasteiger partial charge in [0.25, 0.3) is 5.91 Å². The topological polar surface area (TPSA) is 75.0 Å². The number of nitrogens with zero attached hydrogens (tertiary/aromatic N) is 2. The van der Waals surface area contributed by atoms with Crippen LogP contribution in [0.5, 0.6) is 0 Å². The summed E-state index contributed by atoms with van der Waals surface area (Å²) in [5.74, 6) is -0.431. The molecule has 0 unspecified atom stereocenters. The molecule has 0 radical (unpaired) electrons. The number of aromatic amines is 1. The number of amides is 1. The first-order valence-corrected chi connectivity index (χ1v) is 5.00. The number of carbonyl (C=O) groups is 1. The summed E-state index contributed by atoms with van der Waals surface area (Å²) in [7, 11) is 0. The second kappa shape index (κ2) is 3.06. The maximum absolute atomic E-state index is 11.1. The molecule has 5 nitrogen and oxygen atoms in total. The minimum Gasteiger partial charge on any atom is -0.364 e. The van der Waals surface area contributed by atoms with Crippen LogP contribution in [0.15, 0.2) is 0 Å². The molecule has 0 bridgehead atoms. The highest BCUT2D eigenvalue weighted by molar-refractivity contribution is 5.92. The molecule has 3 N–H and O–H groups in total. The van der Waals surface area contributed by atoms with Crippen molar-refractivity contribution in [1.29, 1.82) is 0 Å². The molecule has 1 aliphatic heterocycles. The Morgan fingerprint density at radius 1 is 1.47 bits per heavy atom. The lowest BCUT2D eigenvalue weighted by molar-refractivity contribution is 0.0989. The highest BCUT2D eigenvalue weighted by Gasteiger charge is 2.32. The van der Waals surface area contributed by atoms with Gasteiger partial charge in [0.2, 0.25) is 0 Å². The van der Waals surface area contributed by atoms with Crippen molar-refractivity contribution >= 4 is 5.91 Å². The predicted molar refractivity (Wildman–Crippen MR) is 56.1 cm³/mol. The van der Waals surface area contributed by atoms with Gasteiger partial charge in [0.1, 0.15) is 5.69 Å². The second-order valence-corrected chi connectivity index (χ2v) is 4.91. The summed E-state index contributed by atoms with van der Waals surface area (Å²) >= 11 is 0. The van der Waals surface area contributed by atoms with E-state index >= 15 is 0 Å². The van der Waals surface area contributed by atoms with Gasteiger partial charge < -0.3 is 5.73 Å². The molecule has 1 aromatic heterocycles. The lowest BCUT2D eigenvalue weighted by atomic mass is 10.1. The highest BCUT2D eigenvalue weighted by Crippen LogP contribution is 2.29. The molecule has 0 saturated heterocycles. The Morgan fingerprint density at radius 3 is 2.67 bits per heavy atom. The summed E-state index contributed by atoms with van der Waals surface area (Å²) in [6, 6.07) is 0. The molecule has 2 heterocycles. The van der Waals surface area contributed by atoms with E-state index in [4.69, 9.17) is 5.73 Å². The van der Waals surface area contributed by atoms with E-state index in [1.54, 1.807) is 0 Å². The van der Waals surface area contributed by atoms with Gasteiger partial charge >= 0.3 is 0 Å². The maximum atomic E-state index is 11.1. The van der Waals surface area contributed by atoms with Gasteiger partial charge in [-0.25, -0.2) is 0 Å². The molecular weight excluding hydrogens is 192 g/mol. The zero-order valence-corrected chi connectivity index (χ0v) is 9.29. The minimum atomic E-state index is -0.431. The molecule has 0 aliphatic carbocycles. The van der Waals surface area contributed by atoms with Crippen LogP contribution in [0.25, 0.3) is 0 Å². The van der Waals surface area contributed by atoms with Crippen LogP contribution in [-0.4, -0.2) is 26.5 Å². The van der Waals surface area contributed by atoms with Crippen LogP contribution < -0.4 is 5.73 Å². The first-order valence-electron chi connectivity index (χ1n) is 5.00. The Labute approximate surface area is 88.6 Å². The van der Waals surface area contributed by atoms with E-state index < -0.39 is 5.91 Å². The van der Waals surface area contributed by atoms with Crippen LogP contribution in [0.4, 0.5) is 0 Å². The Morgan fingerprint density at radius 2 is 2.13 bits per heavy atom. The van der Waals surface area contributed by atoms with E-state index in [-0.39, 0.29) is 5.54 Å². The average Bonchev–Trinajstić information content (AvgIpc) is 2.56. The third-order valence-electron chi connectivity index (χ3n) is 2.84. The van der Waals surface area contributed by atoms with E-state index in [9.17, 15) is 4.79 Å². The monoisotopic (exact) mass is 208 g/mol. The van der Waals surface area contributed by atoms with E-state index in [0.717, 1.165) is 24.3 Å². The number of nitrogens with one attached hydrogen (secondary N) is 1. The standard InChI is InChI=1S/C10H16N4O/c1-10(2,3)14-4-6-7(5-14)12-13-8(6)9(11)15/h4-5H2,1-3H3,(H2,11,15)(H,12,13). The largest absolute Gasteiger partial charge is 0.364 e. The molecule has 0 fully saturated rings. The molecule has 1 aromatic rings. The van der Waals surface area contributed by atoms with Gasteiger partial charge in [-0.15, -0.1) is 0 Å². The molecule has 82 valence electrons. The molecule has 2 rings (SSSR count). The Kier molecular flexibility index (Phi) is 2.08. The lowest BCUT2D eigenvalue weighted by Crippen LogP contribution is -2.37. The number of nitrogens with two attached hydrogens (primary N) is 1. The lowest BCUT2D eigenvalue weighted by Gasteiger charge is -2.31. The van der Waals surface area contributed by atoms with Crippen molar-refractivity contribution in [3.8, 4) is 0 Å². The van der Waals surface area contributed by atoms with Crippen molar-refractivity contribution in [1.82, 2.24) is 15.1 Å². The summed E-state index contributed by atoms with van der Waals surface area (Å²) in [5.41, 5.74) is 7.70. The van der Waals surface area contributed by atoms with E-state index in [2.05, 4.69) is 35.9 Å². The molecule has 15 heavy (non-hydrogen) atoms. The van der Waals surface area contributed by atoms with E-state index in [0.29, 0.717) is 5.69 Å². The zero-order chi connectivity index (χ0) is 11.2. The number of carbonyl (C=O) groups excluding carboxylic acids is 1. The van der Waals surface area contributed by atoms with Crippen molar-refractivity contribution in [2.45, 2.75) is 39.4 Å². The third-order valence-corrected chi connectivity index (χ3v) is 2.84. The molecule has 5 heteroatoms. The van der Waals surface area contributed by atoms with E-state index in [1.807, 2.05) is 0 Å². The summed E-state index contributed by atoms with van der Waals surface area (Å²) in [4.78, 5) is 13.4. The normalized spacial score (nSPS) is 16.7. The van der Waals surface area contributed by atoms with Crippen LogP contribution in [0.1, 0.15) is 42.5 Å². The van der Waals surface area contributed by atoms with E-state index in [1.165, 1.54) is 0 Å². The molecule has 0 atom stereocenters. The first-order chi connectivity index (χ1) is 6.89. The minimum absolute atomic E-state index is 0.0859. The van der Waals surface area contributed by atoms with Crippen molar-refractivity contribution < 1.29 is 4.79 Å². The fourth-order valence-electron chi connectivity index (χ4n) is 1.81. The first kappa shape index (κ1) is 10.2. The van der Waals surface area contributed by atoms with Gasteiger partial charge in [0, 0.05) is 24.2 Å². The van der Waals surface area contributed by atoms with Gasteiger partial charge in [0.15, 0.2) is 0 Å². The number of rotatable bonds is 1. The van der Waals surface area contributed by atoms with Crippen LogP contribution >= 0.6 is 0 Å². The van der Waals surface area contributed by atoms with Gasteiger partial charge in [-0.05, 0) is 20.8 Å². The van der Waals surface area contributed by atoms with Crippen molar-refractivity contribution in [2.75, 3.05) is 0 Å².